The van der Waals surface area contributed by atoms with Crippen LogP contribution in [0.3, 0.4) is 0 Å². The van der Waals surface area contributed by atoms with E-state index in [1.807, 2.05) is 13.8 Å². The predicted octanol–water partition coefficient (Wildman–Crippen LogP) is 1.39. The zero-order chi connectivity index (χ0) is 17.2. The predicted molar refractivity (Wildman–Crippen MR) is 88.9 cm³/mol. The molecule has 23 heavy (non-hydrogen) atoms. The monoisotopic (exact) mass is 313 g/mol. The number of benzene rings is 1. The van der Waals surface area contributed by atoms with Gasteiger partial charge in [-0.1, -0.05) is 32.1 Å². The normalized spacial score (nSPS) is 14.9. The zero-order valence-electron chi connectivity index (χ0n) is 13.9. The molecule has 0 bridgehead atoms. The molecule has 0 saturated heterocycles. The van der Waals surface area contributed by atoms with E-state index in [1.54, 1.807) is 38.2 Å². The second-order valence-electron chi connectivity index (χ2n) is 6.49. The van der Waals surface area contributed by atoms with Crippen LogP contribution in [0.4, 0.5) is 0 Å². The first-order chi connectivity index (χ1) is 10.8. The highest BCUT2D eigenvalue weighted by atomic mass is 16.5. The number of methoxy groups -OCH3 is 1. The van der Waals surface area contributed by atoms with E-state index in [1.165, 1.54) is 12.0 Å². The molecule has 1 aliphatic rings. The molecule has 0 aliphatic carbocycles. The van der Waals surface area contributed by atoms with Gasteiger partial charge in [0.15, 0.2) is 0 Å². The summed E-state index contributed by atoms with van der Waals surface area (Å²) in [6.45, 7) is 4.21. The molecule has 0 atom stereocenters. The molecule has 1 aliphatic heterocycles. The van der Waals surface area contributed by atoms with Crippen molar-refractivity contribution in [2.45, 2.75) is 20.3 Å². The van der Waals surface area contributed by atoms with E-state index >= 15 is 0 Å². The molecule has 5 nitrogen and oxygen atoms in total. The lowest BCUT2D eigenvalue weighted by atomic mass is 9.84. The first kappa shape index (κ1) is 17.0. The number of allylic oxidation sites excluding steroid dienone is 1. The molecule has 0 saturated carbocycles. The van der Waals surface area contributed by atoms with Crippen molar-refractivity contribution in [2.75, 3.05) is 13.7 Å². The fourth-order valence-corrected chi connectivity index (χ4v) is 2.55. The third kappa shape index (κ3) is 3.52. The molecule has 0 radical (unpaired) electrons. The van der Waals surface area contributed by atoms with E-state index in [4.69, 9.17) is 0 Å². The quantitative estimate of drug-likeness (QED) is 0.357. The minimum atomic E-state index is -0.374. The summed E-state index contributed by atoms with van der Waals surface area (Å²) in [6.07, 6.45) is 2.34. The molecule has 0 unspecified atom stereocenters. The molecule has 1 aromatic carbocycles. The van der Waals surface area contributed by atoms with E-state index < -0.39 is 0 Å². The van der Waals surface area contributed by atoms with Gasteiger partial charge in [-0.05, 0) is 29.4 Å². The van der Waals surface area contributed by atoms with Gasteiger partial charge in [0.2, 0.25) is 0 Å². The molecule has 6 heteroatoms. The zero-order valence-corrected chi connectivity index (χ0v) is 13.9. The molecule has 0 aromatic heterocycles. The Morgan fingerprint density at radius 1 is 1.22 bits per heavy atom. The van der Waals surface area contributed by atoms with Gasteiger partial charge in [-0.3, -0.25) is 14.5 Å². The summed E-state index contributed by atoms with van der Waals surface area (Å²) < 4.78 is 4.66. The summed E-state index contributed by atoms with van der Waals surface area (Å²) in [6, 6.07) is 6.84. The number of hydrogen-bond acceptors (Lipinski definition) is 4. The Labute approximate surface area is 136 Å². The van der Waals surface area contributed by atoms with Crippen LogP contribution in [0.1, 0.15) is 41.0 Å². The van der Waals surface area contributed by atoms with Crippen LogP contribution in [0, 0.1) is 5.41 Å². The van der Waals surface area contributed by atoms with E-state index in [0.29, 0.717) is 29.6 Å². The average Bonchev–Trinajstić information content (AvgIpc) is 2.77. The Hall–Kier alpha value is -2.37. The number of amides is 2. The van der Waals surface area contributed by atoms with Crippen LogP contribution in [-0.2, 0) is 9.53 Å². The number of carbonyl (C=O) groups is 3. The highest BCUT2D eigenvalue weighted by Gasteiger charge is 2.37. The summed E-state index contributed by atoms with van der Waals surface area (Å²) in [5, 5.41) is 0. The Balaban J connectivity index is 2.11. The highest BCUT2D eigenvalue weighted by Crippen LogP contribution is 2.29. The lowest BCUT2D eigenvalue weighted by Gasteiger charge is -2.28. The molecule has 1 aromatic rings. The number of imide groups is 1. The van der Waals surface area contributed by atoms with Crippen molar-refractivity contribution in [3.05, 3.63) is 46.9 Å². The SMILES string of the molecule is B/C(=C/CC(C)(C)CN1C(=O)c2ccccc2C1=O)C(=O)OC. The minimum Gasteiger partial charge on any atom is -0.466 e. The van der Waals surface area contributed by atoms with Gasteiger partial charge in [0.1, 0.15) is 7.85 Å². The minimum absolute atomic E-state index is 0.257. The second kappa shape index (κ2) is 6.40. The maximum absolute atomic E-state index is 12.4. The smallest absolute Gasteiger partial charge is 0.323 e. The third-order valence-corrected chi connectivity index (χ3v) is 3.93. The van der Waals surface area contributed by atoms with E-state index in [-0.39, 0.29) is 23.2 Å². The molecule has 2 amide bonds. The van der Waals surface area contributed by atoms with E-state index in [9.17, 15) is 14.4 Å². The summed E-state index contributed by atoms with van der Waals surface area (Å²) in [7, 11) is 3.02. The Morgan fingerprint density at radius 2 is 1.74 bits per heavy atom. The lowest BCUT2D eigenvalue weighted by Crippen LogP contribution is -2.38. The third-order valence-electron chi connectivity index (χ3n) is 3.93. The van der Waals surface area contributed by atoms with Crippen molar-refractivity contribution < 1.29 is 19.1 Å². The fraction of sp³-hybridized carbons (Fsp3) is 0.353. The van der Waals surface area contributed by atoms with Gasteiger partial charge < -0.3 is 4.74 Å². The molecule has 1 heterocycles. The average molecular weight is 313 g/mol. The lowest BCUT2D eigenvalue weighted by molar-refractivity contribution is -0.135. The van der Waals surface area contributed by atoms with Crippen LogP contribution < -0.4 is 0 Å². The van der Waals surface area contributed by atoms with Gasteiger partial charge in [0.05, 0.1) is 18.2 Å². The van der Waals surface area contributed by atoms with Gasteiger partial charge in [-0.2, -0.15) is 0 Å². The molecule has 120 valence electrons. The summed E-state index contributed by atoms with van der Waals surface area (Å²) in [5.41, 5.74) is 1.08. The summed E-state index contributed by atoms with van der Waals surface area (Å²) in [4.78, 5) is 37.5. The van der Waals surface area contributed by atoms with Crippen LogP contribution in [0.25, 0.3) is 0 Å². The van der Waals surface area contributed by atoms with Gasteiger partial charge in [-0.15, -0.1) is 0 Å². The van der Waals surface area contributed by atoms with Crippen LogP contribution in [0.5, 0.6) is 0 Å². The van der Waals surface area contributed by atoms with E-state index in [0.717, 1.165) is 0 Å². The van der Waals surface area contributed by atoms with Gasteiger partial charge in [-0.25, -0.2) is 4.79 Å². The number of esters is 1. The topological polar surface area (TPSA) is 63.7 Å². The standard InChI is InChI=1S/C17H20BNO4/c1-17(2,9-8-13(18)16(22)23-3)10-19-14(20)11-6-4-5-7-12(11)15(19)21/h4-8H,9-10,18H2,1-3H3/b13-8+. The number of hydrogen-bond donors (Lipinski definition) is 0. The molecular formula is C17H20BNO4. The van der Waals surface area contributed by atoms with E-state index in [2.05, 4.69) is 4.74 Å². The molecule has 0 N–H and O–H groups in total. The second-order valence-corrected chi connectivity index (χ2v) is 6.49. The Kier molecular flexibility index (Phi) is 4.73. The number of nitrogens with zero attached hydrogens (tertiary/aromatic N) is 1. The number of rotatable bonds is 5. The van der Waals surface area contributed by atoms with Gasteiger partial charge in [0.25, 0.3) is 11.8 Å². The molecule has 0 spiro atoms. The fourth-order valence-electron chi connectivity index (χ4n) is 2.55. The molecule has 0 fully saturated rings. The van der Waals surface area contributed by atoms with Crippen molar-refractivity contribution in [2.24, 2.45) is 5.41 Å². The Bertz CT molecular complexity index is 659. The van der Waals surface area contributed by atoms with Crippen molar-refractivity contribution >= 4 is 25.6 Å². The van der Waals surface area contributed by atoms with Gasteiger partial charge in [0, 0.05) is 6.54 Å². The maximum Gasteiger partial charge on any atom is 0.323 e. The van der Waals surface area contributed by atoms with Crippen molar-refractivity contribution in [3.8, 4) is 0 Å². The first-order valence-electron chi connectivity index (χ1n) is 7.47. The first-order valence-corrected chi connectivity index (χ1v) is 7.47. The highest BCUT2D eigenvalue weighted by molar-refractivity contribution is 6.35. The summed E-state index contributed by atoms with van der Waals surface area (Å²) in [5.74, 6) is -0.888. The van der Waals surface area contributed by atoms with Crippen molar-refractivity contribution in [1.29, 1.82) is 0 Å². The number of fused-ring (bicyclic) bond motifs is 1. The van der Waals surface area contributed by atoms with Crippen LogP contribution in [0.15, 0.2) is 35.8 Å². The van der Waals surface area contributed by atoms with Crippen molar-refractivity contribution in [1.82, 2.24) is 4.90 Å². The maximum atomic E-state index is 12.4. The molecule has 2 rings (SSSR count). The van der Waals surface area contributed by atoms with Crippen LogP contribution in [-0.4, -0.2) is 44.2 Å². The van der Waals surface area contributed by atoms with Crippen LogP contribution in [0.2, 0.25) is 0 Å². The largest absolute Gasteiger partial charge is 0.466 e. The number of ether oxygens (including phenoxy) is 1. The Morgan fingerprint density at radius 3 is 2.22 bits per heavy atom. The van der Waals surface area contributed by atoms with Gasteiger partial charge >= 0.3 is 5.97 Å². The summed E-state index contributed by atoms with van der Waals surface area (Å²) >= 11 is 0. The van der Waals surface area contributed by atoms with Crippen molar-refractivity contribution in [3.63, 3.8) is 0 Å². The molecular weight excluding hydrogens is 293 g/mol. The van der Waals surface area contributed by atoms with Crippen LogP contribution >= 0.6 is 0 Å². The number of carbonyl (C=O) groups excluding carboxylic acids is 3.